The molecule has 34 heavy (non-hydrogen) atoms. The van der Waals surface area contributed by atoms with Crippen molar-refractivity contribution in [2.24, 2.45) is 0 Å². The van der Waals surface area contributed by atoms with E-state index in [4.69, 9.17) is 4.74 Å². The predicted octanol–water partition coefficient (Wildman–Crippen LogP) is 0.729. The average Bonchev–Trinajstić information content (AvgIpc) is 3.48. The summed E-state index contributed by atoms with van der Waals surface area (Å²) in [6.07, 6.45) is 0.291. The van der Waals surface area contributed by atoms with Gasteiger partial charge in [0.05, 0.1) is 35.2 Å². The molecule has 4 rings (SSSR count). The number of para-hydroxylation sites is 1. The van der Waals surface area contributed by atoms with Gasteiger partial charge in [0.15, 0.2) is 22.1 Å². The van der Waals surface area contributed by atoms with E-state index in [1.807, 2.05) is 6.07 Å². The van der Waals surface area contributed by atoms with E-state index in [0.717, 1.165) is 5.52 Å². The first-order chi connectivity index (χ1) is 16.2. The first kappa shape index (κ1) is 23.4. The van der Waals surface area contributed by atoms with Gasteiger partial charge in [0.1, 0.15) is 5.82 Å². The molecule has 1 saturated heterocycles. The molecule has 3 N–H and O–H groups in total. The zero-order chi connectivity index (χ0) is 24.3. The van der Waals surface area contributed by atoms with Crippen molar-refractivity contribution in [3.8, 4) is 0 Å². The highest BCUT2D eigenvalue weighted by molar-refractivity contribution is 7.91. The highest BCUT2D eigenvalue weighted by Crippen LogP contribution is 2.27. The number of nitrogens with one attached hydrogen (secondary N) is 3. The van der Waals surface area contributed by atoms with Gasteiger partial charge in [-0.05, 0) is 19.4 Å². The maximum Gasteiger partial charge on any atom is 0.308 e. The number of hydrogen-bond donors (Lipinski definition) is 3. The summed E-state index contributed by atoms with van der Waals surface area (Å²) in [7, 11) is -3.12. The molecule has 0 aliphatic carbocycles. The van der Waals surface area contributed by atoms with E-state index in [1.165, 1.54) is 4.68 Å². The number of carbonyl (C=O) groups excluding carboxylic acids is 3. The summed E-state index contributed by atoms with van der Waals surface area (Å²) < 4.78 is 30.0. The molecule has 3 aromatic rings. The lowest BCUT2D eigenvalue weighted by Crippen LogP contribution is -2.28. The lowest BCUT2D eigenvalue weighted by molar-refractivity contribution is -0.147. The lowest BCUT2D eigenvalue weighted by Gasteiger charge is -2.13. The number of sulfone groups is 1. The number of aryl methyl sites for hydroxylation is 1. The Morgan fingerprint density at radius 2 is 2.06 bits per heavy atom. The van der Waals surface area contributed by atoms with Gasteiger partial charge in [-0.3, -0.25) is 19.5 Å². The van der Waals surface area contributed by atoms with E-state index in [1.54, 1.807) is 31.2 Å². The monoisotopic (exact) mass is 488 g/mol. The molecule has 0 bridgehead atoms. The molecule has 12 nitrogen and oxygen atoms in total. The molecule has 0 spiro atoms. The second-order valence-electron chi connectivity index (χ2n) is 8.00. The number of nitrogens with zero attached hydrogens (tertiary/aromatic N) is 3. The van der Waals surface area contributed by atoms with Crippen molar-refractivity contribution < 1.29 is 27.5 Å². The van der Waals surface area contributed by atoms with Gasteiger partial charge in [-0.25, -0.2) is 13.1 Å². The van der Waals surface area contributed by atoms with Crippen molar-refractivity contribution in [3.05, 3.63) is 41.7 Å². The fourth-order valence-electron chi connectivity index (χ4n) is 3.75. The topological polar surface area (TPSA) is 165 Å². The quantitative estimate of drug-likeness (QED) is 0.390. The van der Waals surface area contributed by atoms with E-state index in [-0.39, 0.29) is 36.2 Å². The fraction of sp³-hybridized carbons (Fsp3) is 0.381. The van der Waals surface area contributed by atoms with Crippen LogP contribution in [-0.2, 0) is 24.2 Å². The normalized spacial score (nSPS) is 16.9. The summed E-state index contributed by atoms with van der Waals surface area (Å²) in [4.78, 5) is 36.5. The number of benzene rings is 1. The van der Waals surface area contributed by atoms with Gasteiger partial charge >= 0.3 is 5.97 Å². The number of fused-ring (bicyclic) bond motifs is 1. The lowest BCUT2D eigenvalue weighted by atomic mass is 10.2. The SMILES string of the molecule is Cc1cc(NC(=O)COC(=O)CCNC(=O)c2n[nH]c3ccccc23)n(C2CCS(=O)(=O)C2)n1. The number of anilines is 1. The van der Waals surface area contributed by atoms with Gasteiger partial charge < -0.3 is 15.4 Å². The van der Waals surface area contributed by atoms with E-state index < -0.39 is 34.2 Å². The standard InChI is InChI=1S/C21H24N6O6S/c1-13-10-17(27(26-13)14-7-9-34(31,32)12-14)23-18(28)11-33-19(29)6-8-22-21(30)20-15-4-2-3-5-16(15)24-25-20/h2-5,10,14H,6-9,11-12H2,1H3,(H,22,30)(H,23,28)(H,24,25). The van der Waals surface area contributed by atoms with Crippen LogP contribution in [0, 0.1) is 6.92 Å². The van der Waals surface area contributed by atoms with E-state index in [0.29, 0.717) is 23.3 Å². The fourth-order valence-corrected chi connectivity index (χ4v) is 5.44. The minimum atomic E-state index is -3.12. The van der Waals surface area contributed by atoms with Gasteiger partial charge in [-0.2, -0.15) is 10.2 Å². The van der Waals surface area contributed by atoms with Crippen LogP contribution in [-0.4, -0.2) is 70.8 Å². The molecule has 1 aliphatic heterocycles. The predicted molar refractivity (Wildman–Crippen MR) is 122 cm³/mol. The van der Waals surface area contributed by atoms with Crippen molar-refractivity contribution >= 4 is 44.3 Å². The Balaban J connectivity index is 1.22. The number of hydrogen-bond acceptors (Lipinski definition) is 8. The summed E-state index contributed by atoms with van der Waals surface area (Å²) in [6.45, 7) is 1.22. The summed E-state index contributed by atoms with van der Waals surface area (Å²) in [5, 5.41) is 16.9. The molecule has 2 aromatic heterocycles. The smallest absolute Gasteiger partial charge is 0.308 e. The van der Waals surface area contributed by atoms with Crippen molar-refractivity contribution in [3.63, 3.8) is 0 Å². The number of esters is 1. The van der Waals surface area contributed by atoms with Gasteiger partial charge in [0, 0.05) is 18.0 Å². The second kappa shape index (κ2) is 9.63. The Morgan fingerprint density at radius 1 is 1.26 bits per heavy atom. The molecule has 2 amide bonds. The number of carbonyl (C=O) groups is 3. The minimum Gasteiger partial charge on any atom is -0.456 e. The van der Waals surface area contributed by atoms with Crippen LogP contribution in [0.1, 0.15) is 35.1 Å². The summed E-state index contributed by atoms with van der Waals surface area (Å²) >= 11 is 0. The number of ether oxygens (including phenoxy) is 1. The van der Waals surface area contributed by atoms with Crippen LogP contribution >= 0.6 is 0 Å². The van der Waals surface area contributed by atoms with Crippen molar-refractivity contribution in [2.75, 3.05) is 30.0 Å². The van der Waals surface area contributed by atoms with Gasteiger partial charge in [-0.15, -0.1) is 0 Å². The Morgan fingerprint density at radius 3 is 2.82 bits per heavy atom. The molecule has 1 fully saturated rings. The Labute approximate surface area is 195 Å². The Bertz CT molecular complexity index is 1340. The van der Waals surface area contributed by atoms with E-state index in [2.05, 4.69) is 25.9 Å². The highest BCUT2D eigenvalue weighted by atomic mass is 32.2. The van der Waals surface area contributed by atoms with Gasteiger partial charge in [0.2, 0.25) is 0 Å². The zero-order valence-corrected chi connectivity index (χ0v) is 19.2. The molecule has 1 aromatic carbocycles. The van der Waals surface area contributed by atoms with E-state index >= 15 is 0 Å². The summed E-state index contributed by atoms with van der Waals surface area (Å²) in [5.74, 6) is -1.28. The van der Waals surface area contributed by atoms with Gasteiger partial charge in [0.25, 0.3) is 11.8 Å². The van der Waals surface area contributed by atoms with Gasteiger partial charge in [-0.1, -0.05) is 18.2 Å². The molecular weight excluding hydrogens is 464 g/mol. The first-order valence-corrected chi connectivity index (χ1v) is 12.5. The maximum atomic E-state index is 12.3. The largest absolute Gasteiger partial charge is 0.456 e. The third-order valence-corrected chi connectivity index (χ3v) is 7.09. The van der Waals surface area contributed by atoms with Crippen LogP contribution in [0.4, 0.5) is 5.82 Å². The average molecular weight is 489 g/mol. The van der Waals surface area contributed by atoms with Crippen molar-refractivity contribution in [2.45, 2.75) is 25.8 Å². The minimum absolute atomic E-state index is 0.0165. The van der Waals surface area contributed by atoms with Crippen molar-refractivity contribution in [1.82, 2.24) is 25.3 Å². The van der Waals surface area contributed by atoms with Crippen LogP contribution < -0.4 is 10.6 Å². The van der Waals surface area contributed by atoms with Crippen LogP contribution in [0.2, 0.25) is 0 Å². The first-order valence-electron chi connectivity index (χ1n) is 10.7. The van der Waals surface area contributed by atoms with Crippen molar-refractivity contribution in [1.29, 1.82) is 0 Å². The van der Waals surface area contributed by atoms with Crippen LogP contribution in [0.15, 0.2) is 30.3 Å². The zero-order valence-electron chi connectivity index (χ0n) is 18.4. The molecule has 0 saturated carbocycles. The number of aromatic nitrogens is 4. The second-order valence-corrected chi connectivity index (χ2v) is 10.2. The highest BCUT2D eigenvalue weighted by Gasteiger charge is 2.31. The van der Waals surface area contributed by atoms with Crippen LogP contribution in [0.5, 0.6) is 0 Å². The van der Waals surface area contributed by atoms with Crippen LogP contribution in [0.25, 0.3) is 10.9 Å². The van der Waals surface area contributed by atoms with Crippen LogP contribution in [0.3, 0.4) is 0 Å². The molecule has 3 heterocycles. The molecule has 13 heteroatoms. The van der Waals surface area contributed by atoms with E-state index in [9.17, 15) is 22.8 Å². The third kappa shape index (κ3) is 5.42. The molecule has 1 aliphatic rings. The molecule has 1 atom stereocenters. The number of H-pyrrole nitrogens is 1. The number of aromatic amines is 1. The third-order valence-electron chi connectivity index (χ3n) is 5.34. The molecular formula is C21H24N6O6S. The number of amides is 2. The molecule has 180 valence electrons. The molecule has 0 radical (unpaired) electrons. The molecule has 1 unspecified atom stereocenters. The number of rotatable bonds is 8. The summed E-state index contributed by atoms with van der Waals surface area (Å²) in [6, 6.07) is 8.44. The Hall–Kier alpha value is -3.74. The summed E-state index contributed by atoms with van der Waals surface area (Å²) in [5.41, 5.74) is 1.58. The maximum absolute atomic E-state index is 12.3. The Kier molecular flexibility index (Phi) is 6.63.